The Labute approximate surface area is 103 Å². The van der Waals surface area contributed by atoms with Gasteiger partial charge in [-0.2, -0.15) is 0 Å². The Morgan fingerprint density at radius 1 is 1.33 bits per heavy atom. The van der Waals surface area contributed by atoms with Crippen molar-refractivity contribution < 1.29 is 14.3 Å². The highest BCUT2D eigenvalue weighted by molar-refractivity contribution is 5.88. The summed E-state index contributed by atoms with van der Waals surface area (Å²) in [5.41, 5.74) is 0.959. The summed E-state index contributed by atoms with van der Waals surface area (Å²) in [6.07, 6.45) is 1.65. The summed E-state index contributed by atoms with van der Waals surface area (Å²) in [6.45, 7) is 0.379. The molecule has 0 saturated carbocycles. The molecule has 0 bridgehead atoms. The molecule has 4 nitrogen and oxygen atoms in total. The SMILES string of the molecule is O=C(O)c1ccc(NCc2ccccn2)c(F)c1. The lowest BCUT2D eigenvalue weighted by molar-refractivity contribution is 0.0696. The maximum atomic E-state index is 13.6. The van der Waals surface area contributed by atoms with E-state index in [1.165, 1.54) is 12.1 Å². The number of carboxylic acid groups (broad SMARTS) is 1. The normalized spacial score (nSPS) is 10.1. The zero-order valence-electron chi connectivity index (χ0n) is 9.43. The van der Waals surface area contributed by atoms with Gasteiger partial charge in [-0.25, -0.2) is 9.18 Å². The number of nitrogens with zero attached hydrogens (tertiary/aromatic N) is 1. The Kier molecular flexibility index (Phi) is 3.52. The second-order valence-corrected chi connectivity index (χ2v) is 3.67. The summed E-state index contributed by atoms with van der Waals surface area (Å²) in [6, 6.07) is 9.20. The van der Waals surface area contributed by atoms with E-state index < -0.39 is 11.8 Å². The third kappa shape index (κ3) is 2.82. The van der Waals surface area contributed by atoms with Gasteiger partial charge in [0.05, 0.1) is 23.5 Å². The third-order valence-electron chi connectivity index (χ3n) is 2.40. The van der Waals surface area contributed by atoms with Gasteiger partial charge in [0, 0.05) is 6.20 Å². The minimum atomic E-state index is -1.15. The number of halogens is 1. The molecular weight excluding hydrogens is 235 g/mol. The third-order valence-corrected chi connectivity index (χ3v) is 2.40. The molecule has 92 valence electrons. The highest BCUT2D eigenvalue weighted by atomic mass is 19.1. The van der Waals surface area contributed by atoms with Crippen molar-refractivity contribution in [2.24, 2.45) is 0 Å². The number of nitrogens with one attached hydrogen (secondary N) is 1. The number of aromatic nitrogens is 1. The van der Waals surface area contributed by atoms with E-state index in [-0.39, 0.29) is 11.3 Å². The first-order valence-corrected chi connectivity index (χ1v) is 5.33. The van der Waals surface area contributed by atoms with Gasteiger partial charge in [0.25, 0.3) is 0 Å². The van der Waals surface area contributed by atoms with Crippen LogP contribution >= 0.6 is 0 Å². The number of hydrogen-bond acceptors (Lipinski definition) is 3. The maximum absolute atomic E-state index is 13.6. The van der Waals surface area contributed by atoms with Crippen molar-refractivity contribution in [3.05, 3.63) is 59.7 Å². The van der Waals surface area contributed by atoms with Crippen molar-refractivity contribution in [3.63, 3.8) is 0 Å². The molecule has 0 aliphatic rings. The summed E-state index contributed by atoms with van der Waals surface area (Å²) < 4.78 is 13.6. The Morgan fingerprint density at radius 2 is 2.17 bits per heavy atom. The Bertz CT molecular complexity index is 558. The zero-order chi connectivity index (χ0) is 13.0. The lowest BCUT2D eigenvalue weighted by atomic mass is 10.2. The number of carbonyl (C=O) groups is 1. The minimum absolute atomic E-state index is 0.0733. The number of carboxylic acids is 1. The van der Waals surface area contributed by atoms with E-state index in [2.05, 4.69) is 10.3 Å². The lowest BCUT2D eigenvalue weighted by Gasteiger charge is -2.07. The molecule has 0 saturated heterocycles. The minimum Gasteiger partial charge on any atom is -0.478 e. The number of rotatable bonds is 4. The molecule has 0 aliphatic heterocycles. The number of aromatic carboxylic acids is 1. The second kappa shape index (κ2) is 5.27. The maximum Gasteiger partial charge on any atom is 0.335 e. The Hall–Kier alpha value is -2.43. The van der Waals surface area contributed by atoms with E-state index in [4.69, 9.17) is 5.11 Å². The topological polar surface area (TPSA) is 62.2 Å². The number of benzene rings is 1. The van der Waals surface area contributed by atoms with Gasteiger partial charge in [0.15, 0.2) is 0 Å². The highest BCUT2D eigenvalue weighted by Crippen LogP contribution is 2.16. The first-order chi connectivity index (χ1) is 8.66. The molecular formula is C13H11FN2O2. The van der Waals surface area contributed by atoms with Crippen LogP contribution in [-0.4, -0.2) is 16.1 Å². The molecule has 0 aliphatic carbocycles. The van der Waals surface area contributed by atoms with Crippen molar-refractivity contribution in [1.29, 1.82) is 0 Å². The van der Waals surface area contributed by atoms with Gasteiger partial charge < -0.3 is 10.4 Å². The van der Waals surface area contributed by atoms with Crippen LogP contribution in [0.15, 0.2) is 42.6 Å². The van der Waals surface area contributed by atoms with Crippen LogP contribution < -0.4 is 5.32 Å². The van der Waals surface area contributed by atoms with Crippen molar-refractivity contribution in [1.82, 2.24) is 4.98 Å². The molecule has 0 atom stereocenters. The first kappa shape index (κ1) is 12.0. The quantitative estimate of drug-likeness (QED) is 0.870. The fourth-order valence-electron chi connectivity index (χ4n) is 1.48. The van der Waals surface area contributed by atoms with Crippen LogP contribution in [0.5, 0.6) is 0 Å². The molecule has 18 heavy (non-hydrogen) atoms. The van der Waals surface area contributed by atoms with Crippen LogP contribution in [0.1, 0.15) is 16.1 Å². The summed E-state index contributed by atoms with van der Waals surface area (Å²) >= 11 is 0. The average molecular weight is 246 g/mol. The van der Waals surface area contributed by atoms with E-state index in [1.54, 1.807) is 12.3 Å². The van der Waals surface area contributed by atoms with Gasteiger partial charge >= 0.3 is 5.97 Å². The smallest absolute Gasteiger partial charge is 0.335 e. The molecule has 0 fully saturated rings. The van der Waals surface area contributed by atoms with Crippen molar-refractivity contribution in [2.75, 3.05) is 5.32 Å². The van der Waals surface area contributed by atoms with E-state index >= 15 is 0 Å². The Morgan fingerprint density at radius 3 is 2.78 bits per heavy atom. The largest absolute Gasteiger partial charge is 0.478 e. The lowest BCUT2D eigenvalue weighted by Crippen LogP contribution is -2.04. The van der Waals surface area contributed by atoms with Crippen LogP contribution in [-0.2, 0) is 6.54 Å². The fourth-order valence-corrected chi connectivity index (χ4v) is 1.48. The van der Waals surface area contributed by atoms with Gasteiger partial charge in [-0.05, 0) is 30.3 Å². The molecule has 1 heterocycles. The summed E-state index contributed by atoms with van der Waals surface area (Å²) in [7, 11) is 0. The molecule has 0 spiro atoms. The van der Waals surface area contributed by atoms with Crippen LogP contribution in [0, 0.1) is 5.82 Å². The summed E-state index contributed by atoms with van der Waals surface area (Å²) in [5, 5.41) is 11.6. The van der Waals surface area contributed by atoms with E-state index in [1.807, 2.05) is 12.1 Å². The van der Waals surface area contributed by atoms with E-state index in [9.17, 15) is 9.18 Å². The predicted octanol–water partition coefficient (Wildman–Crippen LogP) is 2.53. The standard InChI is InChI=1S/C13H11FN2O2/c14-11-7-9(13(17)18)4-5-12(11)16-8-10-3-1-2-6-15-10/h1-7,16H,8H2,(H,17,18). The summed E-state index contributed by atoms with van der Waals surface area (Å²) in [4.78, 5) is 14.7. The van der Waals surface area contributed by atoms with E-state index in [0.717, 1.165) is 11.8 Å². The Balaban J connectivity index is 2.08. The van der Waals surface area contributed by atoms with E-state index in [0.29, 0.717) is 6.54 Å². The zero-order valence-corrected chi connectivity index (χ0v) is 9.43. The molecule has 0 amide bonds. The molecule has 0 radical (unpaired) electrons. The molecule has 2 aromatic rings. The number of hydrogen-bond donors (Lipinski definition) is 2. The van der Waals surface area contributed by atoms with Crippen LogP contribution in [0.4, 0.5) is 10.1 Å². The van der Waals surface area contributed by atoms with Gasteiger partial charge in [-0.1, -0.05) is 6.07 Å². The number of anilines is 1. The molecule has 0 unspecified atom stereocenters. The molecule has 5 heteroatoms. The van der Waals surface area contributed by atoms with Crippen molar-refractivity contribution in [3.8, 4) is 0 Å². The van der Waals surface area contributed by atoms with Crippen LogP contribution in [0.25, 0.3) is 0 Å². The van der Waals surface area contributed by atoms with Crippen LogP contribution in [0.2, 0.25) is 0 Å². The molecule has 2 N–H and O–H groups in total. The van der Waals surface area contributed by atoms with Gasteiger partial charge in [-0.3, -0.25) is 4.98 Å². The average Bonchev–Trinajstić information content (AvgIpc) is 2.38. The van der Waals surface area contributed by atoms with Gasteiger partial charge in [0.1, 0.15) is 5.82 Å². The van der Waals surface area contributed by atoms with Gasteiger partial charge in [-0.15, -0.1) is 0 Å². The fraction of sp³-hybridized carbons (Fsp3) is 0.0769. The molecule has 1 aromatic carbocycles. The highest BCUT2D eigenvalue weighted by Gasteiger charge is 2.07. The summed E-state index contributed by atoms with van der Waals surface area (Å²) in [5.74, 6) is -1.74. The predicted molar refractivity (Wildman–Crippen MR) is 64.9 cm³/mol. The monoisotopic (exact) mass is 246 g/mol. The van der Waals surface area contributed by atoms with Gasteiger partial charge in [0.2, 0.25) is 0 Å². The number of pyridine rings is 1. The molecule has 1 aromatic heterocycles. The van der Waals surface area contributed by atoms with Crippen molar-refractivity contribution >= 4 is 11.7 Å². The second-order valence-electron chi connectivity index (χ2n) is 3.67. The van der Waals surface area contributed by atoms with Crippen molar-refractivity contribution in [2.45, 2.75) is 6.54 Å². The molecule has 2 rings (SSSR count). The first-order valence-electron chi connectivity index (χ1n) is 5.33. The van der Waals surface area contributed by atoms with Crippen LogP contribution in [0.3, 0.4) is 0 Å².